The van der Waals surface area contributed by atoms with Crippen LogP contribution in [0.1, 0.15) is 32.3 Å². The summed E-state index contributed by atoms with van der Waals surface area (Å²) in [6.07, 6.45) is 3.75. The highest BCUT2D eigenvalue weighted by molar-refractivity contribution is 7.92. The van der Waals surface area contributed by atoms with Crippen LogP contribution in [0.15, 0.2) is 24.3 Å². The molecule has 0 aliphatic carbocycles. The molecule has 3 N–H and O–H groups in total. The van der Waals surface area contributed by atoms with Crippen molar-refractivity contribution in [1.29, 1.82) is 0 Å². The third kappa shape index (κ3) is 9.78. The largest absolute Gasteiger partial charge is 0.338 e. The molecule has 23 heavy (non-hydrogen) atoms. The van der Waals surface area contributed by atoms with Gasteiger partial charge in [0.05, 0.1) is 6.26 Å². The number of hydrogen-bond acceptors (Lipinski definition) is 3. The van der Waals surface area contributed by atoms with Gasteiger partial charge in [-0.15, -0.1) is 0 Å². The van der Waals surface area contributed by atoms with Crippen molar-refractivity contribution in [3.05, 3.63) is 29.8 Å². The van der Waals surface area contributed by atoms with Gasteiger partial charge in [-0.05, 0) is 42.9 Å². The fourth-order valence-corrected chi connectivity index (χ4v) is 2.55. The van der Waals surface area contributed by atoms with Gasteiger partial charge in [-0.2, -0.15) is 0 Å². The van der Waals surface area contributed by atoms with E-state index < -0.39 is 10.0 Å². The predicted octanol–water partition coefficient (Wildman–Crippen LogP) is 2.34. The number of carbonyl (C=O) groups is 1. The van der Waals surface area contributed by atoms with Crippen LogP contribution in [0.4, 0.5) is 10.5 Å². The third-order valence-electron chi connectivity index (χ3n) is 3.19. The maximum atomic E-state index is 11.5. The van der Waals surface area contributed by atoms with E-state index in [1.807, 2.05) is 12.1 Å². The van der Waals surface area contributed by atoms with Crippen LogP contribution in [0.3, 0.4) is 0 Å². The number of nitrogens with one attached hydrogen (secondary N) is 3. The average Bonchev–Trinajstić information content (AvgIpc) is 2.43. The molecule has 2 amide bonds. The first kappa shape index (κ1) is 19.3. The second kappa shape index (κ2) is 9.39. The molecule has 0 saturated carbocycles. The van der Waals surface area contributed by atoms with Crippen LogP contribution in [0, 0.1) is 5.92 Å². The summed E-state index contributed by atoms with van der Waals surface area (Å²) >= 11 is 0. The van der Waals surface area contributed by atoms with Gasteiger partial charge < -0.3 is 10.6 Å². The lowest BCUT2D eigenvalue weighted by molar-refractivity contribution is 0.240. The Labute approximate surface area is 139 Å². The lowest BCUT2D eigenvalue weighted by Crippen LogP contribution is -2.36. The molecule has 0 unspecified atom stereocenters. The number of anilines is 1. The molecule has 0 heterocycles. The molecule has 0 spiro atoms. The Bertz CT molecular complexity index is 583. The second-order valence-corrected chi connectivity index (χ2v) is 7.79. The Morgan fingerprint density at radius 1 is 1.09 bits per heavy atom. The molecule has 0 aliphatic heterocycles. The highest BCUT2D eigenvalue weighted by Crippen LogP contribution is 2.12. The second-order valence-electron chi connectivity index (χ2n) is 6.04. The molecule has 130 valence electrons. The number of amides is 2. The van der Waals surface area contributed by atoms with Crippen molar-refractivity contribution >= 4 is 21.7 Å². The summed E-state index contributed by atoms with van der Waals surface area (Å²) in [5, 5.41) is 5.65. The molecule has 1 aromatic carbocycles. The molecule has 0 fully saturated rings. The Hall–Kier alpha value is -1.76. The van der Waals surface area contributed by atoms with Crippen molar-refractivity contribution in [3.63, 3.8) is 0 Å². The van der Waals surface area contributed by atoms with Crippen LogP contribution < -0.4 is 15.4 Å². The fraction of sp³-hybridized carbons (Fsp3) is 0.562. The predicted molar refractivity (Wildman–Crippen MR) is 94.1 cm³/mol. The minimum absolute atomic E-state index is 0.127. The Morgan fingerprint density at radius 3 is 2.26 bits per heavy atom. The van der Waals surface area contributed by atoms with Gasteiger partial charge >= 0.3 is 6.03 Å². The molecule has 0 saturated heterocycles. The van der Waals surface area contributed by atoms with Crippen LogP contribution in [0.2, 0.25) is 0 Å². The number of benzene rings is 1. The highest BCUT2D eigenvalue weighted by atomic mass is 32.2. The first-order chi connectivity index (χ1) is 10.8. The van der Waals surface area contributed by atoms with E-state index in [1.54, 1.807) is 12.1 Å². The van der Waals surface area contributed by atoms with E-state index in [1.165, 1.54) is 0 Å². The lowest BCUT2D eigenvalue weighted by Gasteiger charge is -2.09. The van der Waals surface area contributed by atoms with E-state index >= 15 is 0 Å². The number of urea groups is 1. The monoisotopic (exact) mass is 341 g/mol. The van der Waals surface area contributed by atoms with Gasteiger partial charge in [0.1, 0.15) is 0 Å². The zero-order valence-corrected chi connectivity index (χ0v) is 14.9. The summed E-state index contributed by atoms with van der Waals surface area (Å²) in [7, 11) is -3.24. The summed E-state index contributed by atoms with van der Waals surface area (Å²) in [5.74, 6) is 0.579. The van der Waals surface area contributed by atoms with E-state index in [4.69, 9.17) is 0 Å². The van der Waals surface area contributed by atoms with E-state index in [0.717, 1.165) is 31.1 Å². The van der Waals surface area contributed by atoms with Crippen molar-refractivity contribution in [2.75, 3.05) is 24.1 Å². The van der Waals surface area contributed by atoms with Crippen molar-refractivity contribution in [3.8, 4) is 0 Å². The molecule has 0 radical (unpaired) electrons. The van der Waals surface area contributed by atoms with Gasteiger partial charge in [-0.3, -0.25) is 4.72 Å². The van der Waals surface area contributed by atoms with Gasteiger partial charge in [0.2, 0.25) is 10.0 Å². The lowest BCUT2D eigenvalue weighted by atomic mass is 10.1. The Balaban J connectivity index is 2.22. The summed E-state index contributed by atoms with van der Waals surface area (Å²) < 4.78 is 24.7. The first-order valence-electron chi connectivity index (χ1n) is 7.84. The van der Waals surface area contributed by atoms with Gasteiger partial charge in [-0.25, -0.2) is 13.2 Å². The maximum absolute atomic E-state index is 11.5. The third-order valence-corrected chi connectivity index (χ3v) is 3.80. The van der Waals surface area contributed by atoms with Crippen LogP contribution in [0.25, 0.3) is 0 Å². The number of rotatable bonds is 9. The van der Waals surface area contributed by atoms with Crippen molar-refractivity contribution in [1.82, 2.24) is 10.6 Å². The topological polar surface area (TPSA) is 87.3 Å². The smallest absolute Gasteiger partial charge is 0.314 e. The molecule has 1 aromatic rings. The van der Waals surface area contributed by atoms with E-state index in [0.29, 0.717) is 24.7 Å². The van der Waals surface area contributed by atoms with Crippen LogP contribution in [-0.2, 0) is 16.4 Å². The van der Waals surface area contributed by atoms with Gasteiger partial charge in [-0.1, -0.05) is 26.0 Å². The first-order valence-corrected chi connectivity index (χ1v) is 9.74. The van der Waals surface area contributed by atoms with E-state index in [2.05, 4.69) is 29.2 Å². The number of aryl methyl sites for hydroxylation is 1. The maximum Gasteiger partial charge on any atom is 0.314 e. The van der Waals surface area contributed by atoms with Gasteiger partial charge in [0.15, 0.2) is 0 Å². The Kier molecular flexibility index (Phi) is 7.88. The molecule has 1 rings (SSSR count). The van der Waals surface area contributed by atoms with Crippen LogP contribution in [0.5, 0.6) is 0 Å². The summed E-state index contributed by atoms with van der Waals surface area (Å²) in [5.41, 5.74) is 1.66. The normalized spacial score (nSPS) is 11.3. The number of sulfonamides is 1. The molecular weight excluding hydrogens is 314 g/mol. The summed E-state index contributed by atoms with van der Waals surface area (Å²) in [6, 6.07) is 7.12. The van der Waals surface area contributed by atoms with Gasteiger partial charge in [0.25, 0.3) is 0 Å². The molecule has 6 nitrogen and oxygen atoms in total. The quantitative estimate of drug-likeness (QED) is 0.603. The molecular formula is C16H27N3O3S. The zero-order valence-electron chi connectivity index (χ0n) is 14.1. The van der Waals surface area contributed by atoms with Crippen molar-refractivity contribution in [2.45, 2.75) is 33.1 Å². The SMILES string of the molecule is CC(C)CCNC(=O)NCCCc1ccc(NS(C)(=O)=O)cc1. The molecule has 0 aliphatic rings. The van der Waals surface area contributed by atoms with Gasteiger partial charge in [0, 0.05) is 18.8 Å². The molecule has 0 bridgehead atoms. The average molecular weight is 341 g/mol. The van der Waals surface area contributed by atoms with Crippen LogP contribution in [-0.4, -0.2) is 33.8 Å². The summed E-state index contributed by atoms with van der Waals surface area (Å²) in [4.78, 5) is 11.5. The zero-order chi connectivity index (χ0) is 17.3. The number of hydrogen-bond donors (Lipinski definition) is 3. The van der Waals surface area contributed by atoms with Crippen molar-refractivity contribution < 1.29 is 13.2 Å². The van der Waals surface area contributed by atoms with E-state index in [-0.39, 0.29) is 6.03 Å². The summed E-state index contributed by atoms with van der Waals surface area (Å²) in [6.45, 7) is 5.54. The fourth-order valence-electron chi connectivity index (χ4n) is 1.98. The molecule has 0 aromatic heterocycles. The highest BCUT2D eigenvalue weighted by Gasteiger charge is 2.02. The van der Waals surface area contributed by atoms with E-state index in [9.17, 15) is 13.2 Å². The number of carbonyl (C=O) groups excluding carboxylic acids is 1. The van der Waals surface area contributed by atoms with Crippen molar-refractivity contribution in [2.24, 2.45) is 5.92 Å². The molecule has 7 heteroatoms. The van der Waals surface area contributed by atoms with Crippen LogP contribution >= 0.6 is 0 Å². The minimum Gasteiger partial charge on any atom is -0.338 e. The Morgan fingerprint density at radius 2 is 1.70 bits per heavy atom. The standard InChI is InChI=1S/C16H27N3O3S/c1-13(2)10-12-18-16(20)17-11-4-5-14-6-8-15(9-7-14)19-23(3,21)22/h6-9,13,19H,4-5,10-12H2,1-3H3,(H2,17,18,20). The minimum atomic E-state index is -3.24. The molecule has 0 atom stereocenters.